The molecule has 0 unspecified atom stereocenters. The molecule has 8 nitrogen and oxygen atoms in total. The third-order valence-electron chi connectivity index (χ3n) is 6.00. The Morgan fingerprint density at radius 2 is 1.69 bits per heavy atom. The number of ether oxygens (including phenoxy) is 1. The average Bonchev–Trinajstić information content (AvgIpc) is 2.90. The summed E-state index contributed by atoms with van der Waals surface area (Å²) in [6.45, 7) is 4.80. The minimum atomic E-state index is -1.26. The molecular formula is C27H33N3O5S. The maximum Gasteiger partial charge on any atom is 0.328 e. The molecule has 1 saturated heterocycles. The van der Waals surface area contributed by atoms with Crippen LogP contribution >= 0.6 is 11.8 Å². The van der Waals surface area contributed by atoms with Crippen LogP contribution in [0.25, 0.3) is 0 Å². The second-order valence-corrected chi connectivity index (χ2v) is 9.49. The smallest absolute Gasteiger partial charge is 0.328 e. The van der Waals surface area contributed by atoms with Crippen LogP contribution < -0.4 is 0 Å². The van der Waals surface area contributed by atoms with Gasteiger partial charge in [0, 0.05) is 50.6 Å². The van der Waals surface area contributed by atoms with Crippen molar-refractivity contribution in [3.63, 3.8) is 0 Å². The number of benzene rings is 2. The van der Waals surface area contributed by atoms with Crippen LogP contribution in [0, 0.1) is 0 Å². The van der Waals surface area contributed by atoms with Crippen LogP contribution in [0.15, 0.2) is 71.7 Å². The lowest BCUT2D eigenvalue weighted by Gasteiger charge is -2.38. The molecule has 2 aromatic carbocycles. The summed E-state index contributed by atoms with van der Waals surface area (Å²) < 4.78 is 5.85. The summed E-state index contributed by atoms with van der Waals surface area (Å²) in [5.74, 6) is -1.49. The molecule has 0 amide bonds. The number of likely N-dealkylation sites (tertiary alicyclic amines) is 1. The quantitative estimate of drug-likeness (QED) is 0.401. The van der Waals surface area contributed by atoms with Gasteiger partial charge in [0.05, 0.1) is 18.9 Å². The summed E-state index contributed by atoms with van der Waals surface area (Å²) in [6, 6.07) is 19.5. The SMILES string of the molecule is CN(C1=Nc2ccccc2CS1)C1CCN(CCOCc2ccccc2)CC1.O=C(O)C=CC(=O)O. The number of hydrogen-bond donors (Lipinski definition) is 2. The molecule has 4 rings (SSSR count). The second-order valence-electron chi connectivity index (χ2n) is 8.54. The second kappa shape index (κ2) is 14.4. The lowest BCUT2D eigenvalue weighted by molar-refractivity contribution is -0.134. The molecule has 1 fully saturated rings. The van der Waals surface area contributed by atoms with Gasteiger partial charge in [0.1, 0.15) is 0 Å². The van der Waals surface area contributed by atoms with Crippen molar-refractivity contribution in [2.45, 2.75) is 31.2 Å². The van der Waals surface area contributed by atoms with Gasteiger partial charge in [-0.3, -0.25) is 0 Å². The van der Waals surface area contributed by atoms with E-state index >= 15 is 0 Å². The molecule has 0 aromatic heterocycles. The fourth-order valence-electron chi connectivity index (χ4n) is 3.99. The molecule has 9 heteroatoms. The normalized spacial score (nSPS) is 16.0. The number of carbonyl (C=O) groups is 2. The van der Waals surface area contributed by atoms with Crippen LogP contribution in [0.2, 0.25) is 0 Å². The van der Waals surface area contributed by atoms with Crippen molar-refractivity contribution in [1.82, 2.24) is 9.80 Å². The zero-order valence-electron chi connectivity index (χ0n) is 20.5. The number of aliphatic carboxylic acids is 2. The lowest BCUT2D eigenvalue weighted by atomic mass is 10.0. The van der Waals surface area contributed by atoms with Gasteiger partial charge in [-0.05, 0) is 30.0 Å². The molecule has 2 aliphatic rings. The van der Waals surface area contributed by atoms with E-state index < -0.39 is 11.9 Å². The first-order chi connectivity index (χ1) is 17.4. The molecule has 2 aliphatic heterocycles. The van der Waals surface area contributed by atoms with Gasteiger partial charge in [-0.25, -0.2) is 14.6 Å². The highest BCUT2D eigenvalue weighted by Gasteiger charge is 2.26. The van der Waals surface area contributed by atoms with Crippen molar-refractivity contribution >= 4 is 34.6 Å². The first-order valence-corrected chi connectivity index (χ1v) is 12.9. The zero-order valence-corrected chi connectivity index (χ0v) is 21.3. The maximum atomic E-state index is 9.55. The van der Waals surface area contributed by atoms with Crippen LogP contribution in [0.4, 0.5) is 5.69 Å². The Labute approximate surface area is 216 Å². The van der Waals surface area contributed by atoms with Crippen molar-refractivity contribution in [2.24, 2.45) is 4.99 Å². The Bertz CT molecular complexity index is 1040. The zero-order chi connectivity index (χ0) is 25.8. The highest BCUT2D eigenvalue weighted by atomic mass is 32.2. The standard InChI is InChI=1S/C23H29N3OS.C4H4O4/c1-25(23-24-22-10-6-5-9-20(22)18-28-23)21-11-13-26(14-12-21)15-16-27-17-19-7-3-2-4-8-19;5-3(6)1-2-4(7)8/h2-10,21H,11-18H2,1H3;1-2H,(H,5,6)(H,7,8). The van der Waals surface area contributed by atoms with E-state index in [0.29, 0.717) is 24.8 Å². The summed E-state index contributed by atoms with van der Waals surface area (Å²) in [5.41, 5.74) is 3.72. The number of rotatable bonds is 8. The predicted octanol–water partition coefficient (Wildman–Crippen LogP) is 4.25. The summed E-state index contributed by atoms with van der Waals surface area (Å²) in [4.78, 5) is 28.9. The minimum absolute atomic E-state index is 0.558. The molecule has 2 heterocycles. The van der Waals surface area contributed by atoms with Crippen molar-refractivity contribution in [2.75, 3.05) is 33.3 Å². The topological polar surface area (TPSA) is 103 Å². The maximum absolute atomic E-state index is 9.55. The molecule has 0 aliphatic carbocycles. The van der Waals surface area contributed by atoms with Crippen LogP contribution in [0.3, 0.4) is 0 Å². The number of para-hydroxylation sites is 1. The van der Waals surface area contributed by atoms with Crippen LogP contribution in [-0.2, 0) is 26.7 Å². The Morgan fingerprint density at radius 1 is 1.06 bits per heavy atom. The van der Waals surface area contributed by atoms with E-state index in [2.05, 4.69) is 65.4 Å². The van der Waals surface area contributed by atoms with Gasteiger partial charge in [-0.2, -0.15) is 0 Å². The lowest BCUT2D eigenvalue weighted by Crippen LogP contribution is -2.45. The number of piperidine rings is 1. The molecule has 36 heavy (non-hydrogen) atoms. The third-order valence-corrected chi connectivity index (χ3v) is 7.10. The van der Waals surface area contributed by atoms with Crippen LogP contribution in [-0.4, -0.2) is 76.4 Å². The number of hydrogen-bond acceptors (Lipinski definition) is 7. The van der Waals surface area contributed by atoms with Gasteiger partial charge in [-0.1, -0.05) is 60.3 Å². The molecule has 0 bridgehead atoms. The van der Waals surface area contributed by atoms with Gasteiger partial charge in [0.15, 0.2) is 5.17 Å². The van der Waals surface area contributed by atoms with Gasteiger partial charge < -0.3 is 24.7 Å². The van der Waals surface area contributed by atoms with Crippen LogP contribution in [0.5, 0.6) is 0 Å². The Kier molecular flexibility index (Phi) is 11.0. The fraction of sp³-hybridized carbons (Fsp3) is 0.370. The Hall–Kier alpha value is -3.14. The fourth-order valence-corrected chi connectivity index (χ4v) is 5.03. The van der Waals surface area contributed by atoms with Crippen LogP contribution in [0.1, 0.15) is 24.0 Å². The van der Waals surface area contributed by atoms with E-state index in [-0.39, 0.29) is 0 Å². The molecule has 2 aromatic rings. The minimum Gasteiger partial charge on any atom is -0.478 e. The number of nitrogens with zero attached hydrogens (tertiary/aromatic N) is 3. The number of carboxylic acids is 2. The predicted molar refractivity (Wildman–Crippen MR) is 143 cm³/mol. The molecule has 0 atom stereocenters. The van der Waals surface area contributed by atoms with E-state index in [1.165, 1.54) is 29.1 Å². The van der Waals surface area contributed by atoms with E-state index in [1.54, 1.807) is 0 Å². The van der Waals surface area contributed by atoms with E-state index in [1.807, 2.05) is 17.8 Å². The highest BCUT2D eigenvalue weighted by Crippen LogP contribution is 2.32. The molecule has 2 N–H and O–H groups in total. The van der Waals surface area contributed by atoms with Crippen molar-refractivity contribution in [1.29, 1.82) is 0 Å². The van der Waals surface area contributed by atoms with E-state index in [9.17, 15) is 9.59 Å². The van der Waals surface area contributed by atoms with Crippen molar-refractivity contribution in [3.8, 4) is 0 Å². The molecule has 0 saturated carbocycles. The first kappa shape index (κ1) is 27.4. The summed E-state index contributed by atoms with van der Waals surface area (Å²) in [6.07, 6.45) is 3.50. The molecular weight excluding hydrogens is 478 g/mol. The molecule has 192 valence electrons. The first-order valence-electron chi connectivity index (χ1n) is 11.9. The Balaban J connectivity index is 0.000000392. The van der Waals surface area contributed by atoms with Crippen molar-refractivity contribution < 1.29 is 24.5 Å². The number of fused-ring (bicyclic) bond motifs is 1. The van der Waals surface area contributed by atoms with Gasteiger partial charge in [0.2, 0.25) is 0 Å². The Morgan fingerprint density at radius 3 is 2.36 bits per heavy atom. The number of carboxylic acid groups (broad SMARTS) is 2. The van der Waals surface area contributed by atoms with Gasteiger partial charge in [0.25, 0.3) is 0 Å². The monoisotopic (exact) mass is 511 g/mol. The number of aliphatic imine (C=N–C) groups is 1. The summed E-state index contributed by atoms with van der Waals surface area (Å²) >= 11 is 1.87. The van der Waals surface area contributed by atoms with E-state index in [4.69, 9.17) is 19.9 Å². The van der Waals surface area contributed by atoms with Crippen molar-refractivity contribution in [3.05, 3.63) is 77.9 Å². The summed E-state index contributed by atoms with van der Waals surface area (Å²) in [5, 5.41) is 16.8. The third kappa shape index (κ3) is 9.14. The van der Waals surface area contributed by atoms with Gasteiger partial charge in [-0.15, -0.1) is 0 Å². The van der Waals surface area contributed by atoms with Gasteiger partial charge >= 0.3 is 11.9 Å². The number of thioether (sulfide) groups is 1. The molecule has 0 spiro atoms. The molecule has 0 radical (unpaired) electrons. The number of amidine groups is 1. The highest BCUT2D eigenvalue weighted by molar-refractivity contribution is 8.13. The average molecular weight is 512 g/mol. The van der Waals surface area contributed by atoms with E-state index in [0.717, 1.165) is 37.7 Å². The summed E-state index contributed by atoms with van der Waals surface area (Å²) in [7, 11) is 2.21. The largest absolute Gasteiger partial charge is 0.478 e.